The second-order valence-corrected chi connectivity index (χ2v) is 7.45. The van der Waals surface area contributed by atoms with Crippen LogP contribution in [-0.4, -0.2) is 38.0 Å². The van der Waals surface area contributed by atoms with Crippen molar-refractivity contribution in [2.24, 2.45) is 0 Å². The second kappa shape index (κ2) is 9.22. The van der Waals surface area contributed by atoms with Gasteiger partial charge in [0.2, 0.25) is 10.0 Å². The molecule has 136 valence electrons. The van der Waals surface area contributed by atoms with E-state index >= 15 is 0 Å². The molecule has 0 aliphatic carbocycles. The number of methoxy groups -OCH3 is 1. The summed E-state index contributed by atoms with van der Waals surface area (Å²) in [6.45, 7) is 2.64. The Morgan fingerprint density at radius 2 is 1.72 bits per heavy atom. The van der Waals surface area contributed by atoms with Gasteiger partial charge < -0.3 is 10.1 Å². The lowest BCUT2D eigenvalue weighted by Gasteiger charge is -2.08. The Morgan fingerprint density at radius 3 is 2.32 bits per heavy atom. The molecule has 2 N–H and O–H groups in total. The van der Waals surface area contributed by atoms with Crippen molar-refractivity contribution in [3.05, 3.63) is 42.0 Å². The summed E-state index contributed by atoms with van der Waals surface area (Å²) < 4.78 is 31.2. The fourth-order valence-electron chi connectivity index (χ4n) is 2.15. The standard InChI is InChI=1S/C17H24N4O3S/c1-3-4-13-25(22,23)21-17-10-9-16(19-20-17)18-12-11-14-5-7-15(24-2)8-6-14/h5-10H,3-4,11-13H2,1-2H3,(H,18,19)(H,20,21). The van der Waals surface area contributed by atoms with Gasteiger partial charge in [0.25, 0.3) is 0 Å². The van der Waals surface area contributed by atoms with Crippen LogP contribution in [0.5, 0.6) is 5.75 Å². The molecule has 7 nitrogen and oxygen atoms in total. The number of ether oxygens (including phenoxy) is 1. The highest BCUT2D eigenvalue weighted by atomic mass is 32.2. The number of hydrogen-bond acceptors (Lipinski definition) is 6. The van der Waals surface area contributed by atoms with Crippen LogP contribution in [0.25, 0.3) is 0 Å². The average molecular weight is 364 g/mol. The molecule has 0 atom stereocenters. The Hall–Kier alpha value is -2.35. The minimum absolute atomic E-state index is 0.0903. The third-order valence-corrected chi connectivity index (χ3v) is 4.92. The van der Waals surface area contributed by atoms with E-state index in [-0.39, 0.29) is 11.6 Å². The minimum Gasteiger partial charge on any atom is -0.497 e. The van der Waals surface area contributed by atoms with Crippen LogP contribution in [0.2, 0.25) is 0 Å². The van der Waals surface area contributed by atoms with Crippen LogP contribution in [0, 0.1) is 0 Å². The van der Waals surface area contributed by atoms with Crippen molar-refractivity contribution in [2.45, 2.75) is 26.2 Å². The smallest absolute Gasteiger partial charge is 0.233 e. The van der Waals surface area contributed by atoms with Crippen molar-refractivity contribution in [1.29, 1.82) is 0 Å². The lowest BCUT2D eigenvalue weighted by molar-refractivity contribution is 0.414. The highest BCUT2D eigenvalue weighted by Gasteiger charge is 2.10. The molecule has 0 aliphatic heterocycles. The van der Waals surface area contributed by atoms with Crippen LogP contribution in [0.1, 0.15) is 25.3 Å². The average Bonchev–Trinajstić information content (AvgIpc) is 2.62. The number of benzene rings is 1. The molecule has 0 fully saturated rings. The quantitative estimate of drug-likeness (QED) is 0.673. The summed E-state index contributed by atoms with van der Waals surface area (Å²) in [5, 5.41) is 11.1. The predicted octanol–water partition coefficient (Wildman–Crippen LogP) is 2.68. The lowest BCUT2D eigenvalue weighted by Crippen LogP contribution is -2.17. The molecule has 1 aromatic heterocycles. The van der Waals surface area contributed by atoms with Gasteiger partial charge in [-0.1, -0.05) is 25.5 Å². The topological polar surface area (TPSA) is 93.2 Å². The summed E-state index contributed by atoms with van der Waals surface area (Å²) in [7, 11) is -1.71. The Balaban J connectivity index is 1.81. The van der Waals surface area contributed by atoms with Crippen molar-refractivity contribution < 1.29 is 13.2 Å². The third kappa shape index (κ3) is 6.58. The van der Waals surface area contributed by atoms with Crippen LogP contribution in [0.15, 0.2) is 36.4 Å². The second-order valence-electron chi connectivity index (χ2n) is 5.60. The summed E-state index contributed by atoms with van der Waals surface area (Å²) in [5.74, 6) is 1.76. The monoisotopic (exact) mass is 364 g/mol. The molecule has 0 bridgehead atoms. The molecule has 0 amide bonds. The molecular weight excluding hydrogens is 340 g/mol. The van der Waals surface area contributed by atoms with E-state index in [2.05, 4.69) is 20.2 Å². The third-order valence-electron chi connectivity index (χ3n) is 3.57. The molecule has 0 spiro atoms. The number of hydrogen-bond donors (Lipinski definition) is 2. The summed E-state index contributed by atoms with van der Waals surface area (Å²) in [4.78, 5) is 0. The number of unbranched alkanes of at least 4 members (excludes halogenated alkanes) is 1. The minimum atomic E-state index is -3.35. The summed E-state index contributed by atoms with van der Waals surface area (Å²) in [6.07, 6.45) is 2.27. The van der Waals surface area contributed by atoms with Crippen LogP contribution in [0.3, 0.4) is 0 Å². The Labute approximate surface area is 148 Å². The lowest BCUT2D eigenvalue weighted by atomic mass is 10.1. The van der Waals surface area contributed by atoms with Crippen molar-refractivity contribution in [2.75, 3.05) is 29.4 Å². The Kier molecular flexibility index (Phi) is 7.00. The highest BCUT2D eigenvalue weighted by molar-refractivity contribution is 7.92. The summed E-state index contributed by atoms with van der Waals surface area (Å²) in [5.41, 5.74) is 1.18. The molecule has 1 aromatic carbocycles. The van der Waals surface area contributed by atoms with E-state index in [0.717, 1.165) is 18.6 Å². The first-order valence-corrected chi connectivity index (χ1v) is 9.88. The first-order chi connectivity index (χ1) is 12.0. The highest BCUT2D eigenvalue weighted by Crippen LogP contribution is 2.12. The maximum absolute atomic E-state index is 11.8. The van der Waals surface area contributed by atoms with E-state index < -0.39 is 10.0 Å². The van der Waals surface area contributed by atoms with E-state index in [1.165, 1.54) is 5.56 Å². The van der Waals surface area contributed by atoms with E-state index in [1.54, 1.807) is 19.2 Å². The zero-order valence-corrected chi connectivity index (χ0v) is 15.3. The molecule has 0 saturated heterocycles. The summed E-state index contributed by atoms with van der Waals surface area (Å²) in [6, 6.07) is 11.2. The van der Waals surface area contributed by atoms with Gasteiger partial charge in [-0.05, 0) is 42.7 Å². The Morgan fingerprint density at radius 1 is 1.04 bits per heavy atom. The van der Waals surface area contributed by atoms with Gasteiger partial charge in [-0.2, -0.15) is 0 Å². The molecule has 0 saturated carbocycles. The van der Waals surface area contributed by atoms with Gasteiger partial charge in [-0.3, -0.25) is 4.72 Å². The molecule has 2 rings (SSSR count). The van der Waals surface area contributed by atoms with Crippen molar-refractivity contribution in [3.63, 3.8) is 0 Å². The molecule has 8 heteroatoms. The Bertz CT molecular complexity index is 746. The number of anilines is 2. The SMILES string of the molecule is CCCCS(=O)(=O)Nc1ccc(NCCc2ccc(OC)cc2)nn1. The maximum Gasteiger partial charge on any atom is 0.233 e. The molecule has 2 aromatic rings. The zero-order chi connectivity index (χ0) is 18.1. The number of nitrogens with zero attached hydrogens (tertiary/aromatic N) is 2. The molecule has 0 unspecified atom stereocenters. The normalized spacial score (nSPS) is 11.1. The fourth-order valence-corrected chi connectivity index (χ4v) is 3.35. The zero-order valence-electron chi connectivity index (χ0n) is 14.5. The molecule has 25 heavy (non-hydrogen) atoms. The molecule has 0 aliphatic rings. The largest absolute Gasteiger partial charge is 0.497 e. The molecule has 0 radical (unpaired) electrons. The van der Waals surface area contributed by atoms with Gasteiger partial charge in [0.05, 0.1) is 12.9 Å². The van der Waals surface area contributed by atoms with Crippen LogP contribution < -0.4 is 14.8 Å². The van der Waals surface area contributed by atoms with E-state index in [0.29, 0.717) is 18.8 Å². The first kappa shape index (κ1) is 19.0. The molecular formula is C17H24N4O3S. The number of sulfonamides is 1. The summed E-state index contributed by atoms with van der Waals surface area (Å²) >= 11 is 0. The van der Waals surface area contributed by atoms with E-state index in [9.17, 15) is 8.42 Å². The predicted molar refractivity (Wildman–Crippen MR) is 99.5 cm³/mol. The van der Waals surface area contributed by atoms with Crippen LogP contribution in [-0.2, 0) is 16.4 Å². The van der Waals surface area contributed by atoms with Crippen molar-refractivity contribution in [1.82, 2.24) is 10.2 Å². The van der Waals surface area contributed by atoms with E-state index in [4.69, 9.17) is 4.74 Å². The van der Waals surface area contributed by atoms with Crippen LogP contribution in [0.4, 0.5) is 11.6 Å². The van der Waals surface area contributed by atoms with Gasteiger partial charge in [-0.25, -0.2) is 8.42 Å². The van der Waals surface area contributed by atoms with Gasteiger partial charge in [0.1, 0.15) is 11.6 Å². The number of nitrogens with one attached hydrogen (secondary N) is 2. The molecule has 1 heterocycles. The van der Waals surface area contributed by atoms with Gasteiger partial charge in [0.15, 0.2) is 5.82 Å². The van der Waals surface area contributed by atoms with Crippen molar-refractivity contribution in [3.8, 4) is 5.75 Å². The first-order valence-electron chi connectivity index (χ1n) is 8.23. The van der Waals surface area contributed by atoms with E-state index in [1.807, 2.05) is 31.2 Å². The van der Waals surface area contributed by atoms with Gasteiger partial charge in [0, 0.05) is 6.54 Å². The van der Waals surface area contributed by atoms with Gasteiger partial charge >= 0.3 is 0 Å². The van der Waals surface area contributed by atoms with Gasteiger partial charge in [-0.15, -0.1) is 10.2 Å². The number of aromatic nitrogens is 2. The van der Waals surface area contributed by atoms with Crippen molar-refractivity contribution >= 4 is 21.7 Å². The maximum atomic E-state index is 11.8. The van der Waals surface area contributed by atoms with Crippen LogP contribution >= 0.6 is 0 Å². The fraction of sp³-hybridized carbons (Fsp3) is 0.412. The number of rotatable bonds is 10.